The molecule has 0 saturated carbocycles. The van der Waals surface area contributed by atoms with Crippen LogP contribution in [0.4, 0.5) is 10.1 Å². The molecule has 0 heterocycles. The molecular formula is C9H8Br2FNO. The molecular weight excluding hydrogens is 317 g/mol. The highest BCUT2D eigenvalue weighted by Gasteiger charge is 2.03. The quantitative estimate of drug-likeness (QED) is 0.849. The van der Waals surface area contributed by atoms with E-state index in [1.54, 1.807) is 12.1 Å². The summed E-state index contributed by atoms with van der Waals surface area (Å²) in [5, 5.41) is 3.18. The van der Waals surface area contributed by atoms with E-state index in [-0.39, 0.29) is 11.7 Å². The zero-order valence-corrected chi connectivity index (χ0v) is 10.4. The van der Waals surface area contributed by atoms with E-state index >= 15 is 0 Å². The Labute approximate surface area is 98.1 Å². The van der Waals surface area contributed by atoms with Gasteiger partial charge in [-0.25, -0.2) is 4.39 Å². The summed E-state index contributed by atoms with van der Waals surface area (Å²) in [4.78, 5) is 11.1. The molecule has 1 N–H and O–H groups in total. The molecule has 0 atom stereocenters. The van der Waals surface area contributed by atoms with Crippen LogP contribution in [0.1, 0.15) is 6.42 Å². The average molecular weight is 325 g/mol. The van der Waals surface area contributed by atoms with Crippen LogP contribution >= 0.6 is 31.9 Å². The van der Waals surface area contributed by atoms with Crippen molar-refractivity contribution in [2.45, 2.75) is 6.42 Å². The number of hydrogen-bond acceptors (Lipinski definition) is 1. The molecule has 1 aromatic rings. The summed E-state index contributed by atoms with van der Waals surface area (Å²) in [6.45, 7) is 0. The predicted octanol–water partition coefficient (Wildman–Crippen LogP) is 3.31. The minimum atomic E-state index is -0.387. The van der Waals surface area contributed by atoms with Crippen LogP contribution in [0.5, 0.6) is 0 Å². The van der Waals surface area contributed by atoms with Crippen molar-refractivity contribution >= 4 is 43.5 Å². The fourth-order valence-electron chi connectivity index (χ4n) is 0.883. The fourth-order valence-corrected chi connectivity index (χ4v) is 1.49. The third kappa shape index (κ3) is 3.38. The number of carbonyl (C=O) groups excluding carboxylic acids is 1. The third-order valence-corrected chi connectivity index (χ3v) is 2.56. The second-order valence-electron chi connectivity index (χ2n) is 2.62. The summed E-state index contributed by atoms with van der Waals surface area (Å²) in [5.41, 5.74) is 0.469. The van der Waals surface area contributed by atoms with Crippen LogP contribution < -0.4 is 5.32 Å². The maximum atomic E-state index is 13.0. The molecule has 0 unspecified atom stereocenters. The zero-order valence-electron chi connectivity index (χ0n) is 7.19. The normalized spacial score (nSPS) is 9.93. The molecule has 0 aromatic heterocycles. The van der Waals surface area contributed by atoms with Gasteiger partial charge in [-0.05, 0) is 34.1 Å². The van der Waals surface area contributed by atoms with E-state index in [0.717, 1.165) is 0 Å². The molecule has 2 nitrogen and oxygen atoms in total. The van der Waals surface area contributed by atoms with Crippen molar-refractivity contribution in [3.63, 3.8) is 0 Å². The number of halogens is 3. The Hall–Kier alpha value is -0.420. The van der Waals surface area contributed by atoms with E-state index in [1.165, 1.54) is 6.07 Å². The summed E-state index contributed by atoms with van der Waals surface area (Å²) in [5.74, 6) is -0.523. The number of amides is 1. The van der Waals surface area contributed by atoms with Crippen LogP contribution in [0.25, 0.3) is 0 Å². The maximum Gasteiger partial charge on any atom is 0.225 e. The molecule has 0 aliphatic carbocycles. The average Bonchev–Trinajstić information content (AvgIpc) is 2.12. The highest BCUT2D eigenvalue weighted by molar-refractivity contribution is 9.10. The van der Waals surface area contributed by atoms with E-state index in [1.807, 2.05) is 0 Å². The molecule has 1 amide bonds. The van der Waals surface area contributed by atoms with Crippen LogP contribution in [0.2, 0.25) is 0 Å². The number of carbonyl (C=O) groups is 1. The number of hydrogen-bond donors (Lipinski definition) is 1. The van der Waals surface area contributed by atoms with Crippen molar-refractivity contribution in [3.8, 4) is 0 Å². The van der Waals surface area contributed by atoms with Gasteiger partial charge in [0.05, 0.1) is 4.47 Å². The third-order valence-electron chi connectivity index (χ3n) is 1.52. The van der Waals surface area contributed by atoms with Crippen molar-refractivity contribution in [1.82, 2.24) is 0 Å². The number of benzene rings is 1. The summed E-state index contributed by atoms with van der Waals surface area (Å²) in [7, 11) is 0. The Kier molecular flexibility index (Phi) is 4.54. The Balaban J connectivity index is 2.68. The fraction of sp³-hybridized carbons (Fsp3) is 0.222. The van der Waals surface area contributed by atoms with E-state index in [2.05, 4.69) is 37.2 Å². The first kappa shape index (κ1) is 11.7. The highest BCUT2D eigenvalue weighted by Crippen LogP contribution is 2.19. The van der Waals surface area contributed by atoms with E-state index in [4.69, 9.17) is 0 Å². The van der Waals surface area contributed by atoms with Gasteiger partial charge in [0.15, 0.2) is 0 Å². The molecule has 14 heavy (non-hydrogen) atoms. The largest absolute Gasteiger partial charge is 0.326 e. The van der Waals surface area contributed by atoms with Gasteiger partial charge in [-0.2, -0.15) is 0 Å². The molecule has 0 aliphatic heterocycles. The first-order valence-corrected chi connectivity index (χ1v) is 5.86. The Morgan fingerprint density at radius 2 is 2.21 bits per heavy atom. The van der Waals surface area contributed by atoms with Crippen molar-refractivity contribution in [1.29, 1.82) is 0 Å². The van der Waals surface area contributed by atoms with Gasteiger partial charge in [-0.3, -0.25) is 4.79 Å². The molecule has 0 spiro atoms. The van der Waals surface area contributed by atoms with E-state index < -0.39 is 0 Å². The lowest BCUT2D eigenvalue weighted by Gasteiger charge is -2.04. The first-order valence-electron chi connectivity index (χ1n) is 3.94. The zero-order chi connectivity index (χ0) is 10.6. The summed E-state index contributed by atoms with van der Waals surface area (Å²) < 4.78 is 13.4. The van der Waals surface area contributed by atoms with Gasteiger partial charge in [0.25, 0.3) is 0 Å². The first-order chi connectivity index (χ1) is 6.63. The molecule has 1 aromatic carbocycles. The van der Waals surface area contributed by atoms with E-state index in [9.17, 15) is 9.18 Å². The topological polar surface area (TPSA) is 29.1 Å². The van der Waals surface area contributed by atoms with E-state index in [0.29, 0.717) is 21.9 Å². The predicted molar refractivity (Wildman–Crippen MR) is 61.1 cm³/mol. The van der Waals surface area contributed by atoms with Crippen molar-refractivity contribution < 1.29 is 9.18 Å². The molecule has 76 valence electrons. The van der Waals surface area contributed by atoms with Crippen LogP contribution in [0.3, 0.4) is 0 Å². The molecule has 0 aliphatic rings. The Bertz CT molecular complexity index is 344. The Morgan fingerprint density at radius 3 is 2.79 bits per heavy atom. The van der Waals surface area contributed by atoms with Crippen LogP contribution in [0.15, 0.2) is 22.7 Å². The van der Waals surface area contributed by atoms with Gasteiger partial charge >= 0.3 is 0 Å². The lowest BCUT2D eigenvalue weighted by atomic mass is 10.3. The number of nitrogens with one attached hydrogen (secondary N) is 1. The second-order valence-corrected chi connectivity index (χ2v) is 4.26. The molecule has 5 heteroatoms. The summed E-state index contributed by atoms with van der Waals surface area (Å²) >= 11 is 6.18. The molecule has 0 bridgehead atoms. The van der Waals surface area contributed by atoms with Crippen molar-refractivity contribution in [2.24, 2.45) is 0 Å². The van der Waals surface area contributed by atoms with Gasteiger partial charge in [-0.15, -0.1) is 0 Å². The maximum absolute atomic E-state index is 13.0. The van der Waals surface area contributed by atoms with Crippen LogP contribution in [-0.4, -0.2) is 11.2 Å². The lowest BCUT2D eigenvalue weighted by molar-refractivity contribution is -0.115. The summed E-state index contributed by atoms with van der Waals surface area (Å²) in [6.07, 6.45) is 0.373. The molecule has 0 saturated heterocycles. The second kappa shape index (κ2) is 5.46. The number of anilines is 1. The smallest absolute Gasteiger partial charge is 0.225 e. The molecule has 1 rings (SSSR count). The Morgan fingerprint density at radius 1 is 1.50 bits per heavy atom. The van der Waals surface area contributed by atoms with Gasteiger partial charge in [0, 0.05) is 17.4 Å². The van der Waals surface area contributed by atoms with Crippen molar-refractivity contribution in [2.75, 3.05) is 10.6 Å². The summed E-state index contributed by atoms with van der Waals surface area (Å²) in [6, 6.07) is 4.47. The van der Waals surface area contributed by atoms with Gasteiger partial charge in [0.2, 0.25) is 5.91 Å². The van der Waals surface area contributed by atoms with Crippen molar-refractivity contribution in [3.05, 3.63) is 28.5 Å². The molecule has 0 fully saturated rings. The van der Waals surface area contributed by atoms with Gasteiger partial charge < -0.3 is 5.32 Å². The van der Waals surface area contributed by atoms with Crippen LogP contribution in [0, 0.1) is 5.82 Å². The SMILES string of the molecule is O=C(CCBr)Nc1ccc(Br)c(F)c1. The van der Waals surface area contributed by atoms with Gasteiger partial charge in [0.1, 0.15) is 5.82 Å². The van der Waals surface area contributed by atoms with Gasteiger partial charge in [-0.1, -0.05) is 15.9 Å². The minimum Gasteiger partial charge on any atom is -0.326 e. The standard InChI is InChI=1S/C9H8Br2FNO/c10-4-3-9(14)13-6-1-2-7(11)8(12)5-6/h1-2,5H,3-4H2,(H,13,14). The lowest BCUT2D eigenvalue weighted by Crippen LogP contribution is -2.11. The van der Waals surface area contributed by atoms with Crippen LogP contribution in [-0.2, 0) is 4.79 Å². The minimum absolute atomic E-state index is 0.136. The number of alkyl halides is 1. The number of rotatable bonds is 3. The monoisotopic (exact) mass is 323 g/mol. The molecule has 0 radical (unpaired) electrons. The highest BCUT2D eigenvalue weighted by atomic mass is 79.9.